The highest BCUT2D eigenvalue weighted by atomic mass is 19.1. The van der Waals surface area contributed by atoms with Gasteiger partial charge in [-0.05, 0) is 6.07 Å². The lowest BCUT2D eigenvalue weighted by molar-refractivity contribution is 0.0926. The Morgan fingerprint density at radius 3 is 2.35 bits per heavy atom. The van der Waals surface area contributed by atoms with E-state index in [2.05, 4.69) is 0 Å². The highest BCUT2D eigenvalue weighted by Crippen LogP contribution is 2.22. The van der Waals surface area contributed by atoms with Crippen LogP contribution in [-0.2, 0) is 7.05 Å². The zero-order valence-corrected chi connectivity index (χ0v) is 14.2. The molecule has 6 nitrogen and oxygen atoms in total. The van der Waals surface area contributed by atoms with Gasteiger partial charge in [-0.2, -0.15) is 0 Å². The van der Waals surface area contributed by atoms with Gasteiger partial charge in [-0.15, -0.1) is 0 Å². The van der Waals surface area contributed by atoms with Crippen molar-refractivity contribution in [3.63, 3.8) is 0 Å². The van der Waals surface area contributed by atoms with Crippen LogP contribution in [0.15, 0.2) is 41.3 Å². The predicted octanol–water partition coefficient (Wildman–Crippen LogP) is 2.71. The van der Waals surface area contributed by atoms with E-state index in [0.717, 1.165) is 18.2 Å². The molecule has 1 aliphatic heterocycles. The molecule has 1 aliphatic rings. The second-order valence-corrected chi connectivity index (χ2v) is 6.09. The highest BCUT2D eigenvalue weighted by molar-refractivity contribution is 5.70. The minimum absolute atomic E-state index is 0.133. The van der Waals surface area contributed by atoms with Crippen molar-refractivity contribution >= 4 is 6.09 Å². The topological polar surface area (TPSA) is 60.8 Å². The average molecular weight is 364 g/mol. The summed E-state index contributed by atoms with van der Waals surface area (Å²) >= 11 is 0. The van der Waals surface area contributed by atoms with E-state index >= 15 is 0 Å². The van der Waals surface area contributed by atoms with Crippen molar-refractivity contribution in [2.24, 2.45) is 7.05 Å². The van der Waals surface area contributed by atoms with Crippen LogP contribution in [0, 0.1) is 11.6 Å². The third-order valence-electron chi connectivity index (χ3n) is 4.10. The molecule has 0 N–H and O–H groups in total. The van der Waals surface area contributed by atoms with E-state index in [4.69, 9.17) is 9.47 Å². The normalized spacial score (nSPS) is 15.0. The summed E-state index contributed by atoms with van der Waals surface area (Å²) in [6, 6.07) is 5.80. The van der Waals surface area contributed by atoms with Gasteiger partial charge in [-0.1, -0.05) is 0 Å². The van der Waals surface area contributed by atoms with Gasteiger partial charge in [0.05, 0.1) is 0 Å². The van der Waals surface area contributed by atoms with E-state index in [9.17, 15) is 18.4 Å². The maximum atomic E-state index is 13.2. The molecule has 0 unspecified atom stereocenters. The summed E-state index contributed by atoms with van der Waals surface area (Å²) in [5.74, 6) is -0.976. The van der Waals surface area contributed by atoms with Crippen molar-refractivity contribution in [3.8, 4) is 11.5 Å². The van der Waals surface area contributed by atoms with E-state index in [1.165, 1.54) is 27.8 Å². The Hall–Kier alpha value is -2.90. The minimum atomic E-state index is -0.696. The number of benzene rings is 1. The Balaban J connectivity index is 1.53. The monoisotopic (exact) mass is 364 g/mol. The number of rotatable bonds is 3. The largest absolute Gasteiger partial charge is 0.490 e. The summed E-state index contributed by atoms with van der Waals surface area (Å²) in [5, 5.41) is 0. The number of hydrogen-bond acceptors (Lipinski definition) is 4. The number of aryl methyl sites for hydroxylation is 1. The van der Waals surface area contributed by atoms with Gasteiger partial charge in [0, 0.05) is 63.4 Å². The first-order valence-electron chi connectivity index (χ1n) is 8.17. The number of aromatic nitrogens is 1. The fourth-order valence-electron chi connectivity index (χ4n) is 2.74. The quantitative estimate of drug-likeness (QED) is 0.840. The summed E-state index contributed by atoms with van der Waals surface area (Å²) in [5.41, 5.74) is -0.198. The van der Waals surface area contributed by atoms with Crippen molar-refractivity contribution in [1.82, 2.24) is 9.47 Å². The zero-order chi connectivity index (χ0) is 18.7. The first kappa shape index (κ1) is 17.9. The molecule has 1 fully saturated rings. The lowest BCUT2D eigenvalue weighted by Crippen LogP contribution is -2.43. The number of piperidine rings is 1. The van der Waals surface area contributed by atoms with Gasteiger partial charge >= 0.3 is 6.09 Å². The molecule has 1 amide bonds. The second kappa shape index (κ2) is 7.55. The van der Waals surface area contributed by atoms with Crippen LogP contribution in [0.2, 0.25) is 0 Å². The molecular formula is C18H18F2N2O4. The van der Waals surface area contributed by atoms with Crippen LogP contribution >= 0.6 is 0 Å². The molecule has 1 aromatic carbocycles. The van der Waals surface area contributed by atoms with Crippen LogP contribution in [0.4, 0.5) is 13.6 Å². The van der Waals surface area contributed by atoms with Gasteiger partial charge in [-0.25, -0.2) is 13.6 Å². The van der Waals surface area contributed by atoms with E-state index in [0.29, 0.717) is 25.9 Å². The molecular weight excluding hydrogens is 346 g/mol. The minimum Gasteiger partial charge on any atom is -0.490 e. The molecule has 0 aliphatic carbocycles. The standard InChI is InChI=1S/C18H18F2N2O4/c1-21-11-15(2-3-17(21)23)26-18(24)22-6-4-14(5-7-22)25-16-9-12(19)8-13(20)10-16/h2-3,8-11,14H,4-7H2,1H3. The van der Waals surface area contributed by atoms with E-state index in [1.807, 2.05) is 0 Å². The molecule has 0 atom stereocenters. The fraction of sp³-hybridized carbons (Fsp3) is 0.333. The number of halogens is 2. The van der Waals surface area contributed by atoms with Crippen molar-refractivity contribution in [2.75, 3.05) is 13.1 Å². The van der Waals surface area contributed by atoms with Crippen molar-refractivity contribution in [2.45, 2.75) is 18.9 Å². The highest BCUT2D eigenvalue weighted by Gasteiger charge is 2.25. The number of pyridine rings is 1. The molecule has 0 saturated carbocycles. The Kier molecular flexibility index (Phi) is 5.20. The summed E-state index contributed by atoms with van der Waals surface area (Å²) < 4.78 is 38.6. The van der Waals surface area contributed by atoms with Crippen LogP contribution in [0.1, 0.15) is 12.8 Å². The van der Waals surface area contributed by atoms with Crippen LogP contribution in [0.25, 0.3) is 0 Å². The maximum absolute atomic E-state index is 13.2. The Labute approximate surface area is 148 Å². The van der Waals surface area contributed by atoms with Crippen LogP contribution in [-0.4, -0.2) is 34.8 Å². The van der Waals surface area contributed by atoms with Crippen molar-refractivity contribution in [1.29, 1.82) is 0 Å². The van der Waals surface area contributed by atoms with Crippen LogP contribution in [0.5, 0.6) is 11.5 Å². The first-order valence-corrected chi connectivity index (χ1v) is 8.17. The number of carbonyl (C=O) groups excluding carboxylic acids is 1. The summed E-state index contributed by atoms with van der Waals surface area (Å²) in [4.78, 5) is 25.1. The van der Waals surface area contributed by atoms with E-state index < -0.39 is 17.7 Å². The summed E-state index contributed by atoms with van der Waals surface area (Å²) in [6.07, 6.45) is 1.71. The molecule has 1 saturated heterocycles. The van der Waals surface area contributed by atoms with Crippen molar-refractivity contribution < 1.29 is 23.0 Å². The number of amides is 1. The van der Waals surface area contributed by atoms with Gasteiger partial charge in [0.25, 0.3) is 5.56 Å². The van der Waals surface area contributed by atoms with Gasteiger partial charge in [0.2, 0.25) is 0 Å². The SMILES string of the molecule is Cn1cc(OC(=O)N2CCC(Oc3cc(F)cc(F)c3)CC2)ccc1=O. The molecule has 2 heterocycles. The summed E-state index contributed by atoms with van der Waals surface area (Å²) in [6.45, 7) is 0.792. The first-order chi connectivity index (χ1) is 12.4. The predicted molar refractivity (Wildman–Crippen MR) is 89.3 cm³/mol. The number of carbonyl (C=O) groups is 1. The molecule has 0 spiro atoms. The van der Waals surface area contributed by atoms with Gasteiger partial charge in [0.1, 0.15) is 29.2 Å². The second-order valence-electron chi connectivity index (χ2n) is 6.09. The molecule has 26 heavy (non-hydrogen) atoms. The van der Waals surface area contributed by atoms with Gasteiger partial charge in [0.15, 0.2) is 0 Å². The molecule has 2 aromatic rings. The lowest BCUT2D eigenvalue weighted by atomic mass is 10.1. The molecule has 138 valence electrons. The van der Waals surface area contributed by atoms with E-state index in [-0.39, 0.29) is 23.2 Å². The van der Waals surface area contributed by atoms with Gasteiger partial charge in [-0.3, -0.25) is 4.79 Å². The third kappa shape index (κ3) is 4.38. The Bertz CT molecular complexity index is 840. The van der Waals surface area contributed by atoms with Gasteiger partial charge < -0.3 is 18.9 Å². The molecule has 0 bridgehead atoms. The Morgan fingerprint density at radius 1 is 1.08 bits per heavy atom. The summed E-state index contributed by atoms with van der Waals surface area (Å²) in [7, 11) is 1.57. The molecule has 0 radical (unpaired) electrons. The number of nitrogens with zero attached hydrogens (tertiary/aromatic N) is 2. The van der Waals surface area contributed by atoms with E-state index in [1.54, 1.807) is 7.05 Å². The number of ether oxygens (including phenoxy) is 2. The number of likely N-dealkylation sites (tertiary alicyclic amines) is 1. The molecule has 8 heteroatoms. The van der Waals surface area contributed by atoms with Crippen molar-refractivity contribution in [3.05, 3.63) is 58.5 Å². The molecule has 3 rings (SSSR count). The fourth-order valence-corrected chi connectivity index (χ4v) is 2.74. The smallest absolute Gasteiger partial charge is 0.415 e. The van der Waals surface area contributed by atoms with Crippen LogP contribution < -0.4 is 15.0 Å². The Morgan fingerprint density at radius 2 is 1.73 bits per heavy atom. The molecule has 1 aromatic heterocycles. The average Bonchev–Trinajstić information content (AvgIpc) is 2.58. The number of hydrogen-bond donors (Lipinski definition) is 0. The van der Waals surface area contributed by atoms with Crippen LogP contribution in [0.3, 0.4) is 0 Å². The lowest BCUT2D eigenvalue weighted by Gasteiger charge is -2.31. The maximum Gasteiger partial charge on any atom is 0.415 e. The third-order valence-corrected chi connectivity index (χ3v) is 4.10. The zero-order valence-electron chi connectivity index (χ0n) is 14.2.